The molecule has 6 nitrogen and oxygen atoms in total. The Morgan fingerprint density at radius 1 is 0.725 bits per heavy atom. The van der Waals surface area contributed by atoms with Gasteiger partial charge in [0.25, 0.3) is 0 Å². The van der Waals surface area contributed by atoms with E-state index in [1.54, 1.807) is 11.8 Å². The number of nitriles is 1. The van der Waals surface area contributed by atoms with Gasteiger partial charge in [-0.2, -0.15) is 5.26 Å². The van der Waals surface area contributed by atoms with Gasteiger partial charge in [-0.3, -0.25) is 0 Å². The van der Waals surface area contributed by atoms with E-state index in [2.05, 4.69) is 112 Å². The second-order valence-corrected chi connectivity index (χ2v) is 17.0. The fourth-order valence-corrected chi connectivity index (χ4v) is 10.3. The number of nitrogens with zero attached hydrogens (tertiary/aromatic N) is 5. The van der Waals surface area contributed by atoms with Crippen molar-refractivity contribution in [3.05, 3.63) is 90.5 Å². The third-order valence-electron chi connectivity index (χ3n) is 10.6. The molecule has 0 radical (unpaired) electrons. The van der Waals surface area contributed by atoms with E-state index >= 15 is 0 Å². The molecule has 0 aromatic heterocycles. The van der Waals surface area contributed by atoms with E-state index in [0.29, 0.717) is 5.56 Å². The maximum atomic E-state index is 9.66. The number of likely N-dealkylation sites (tertiary alicyclic amines) is 2. The van der Waals surface area contributed by atoms with Crippen molar-refractivity contribution in [1.29, 1.82) is 5.26 Å². The van der Waals surface area contributed by atoms with E-state index in [4.69, 9.17) is 0 Å². The summed E-state index contributed by atoms with van der Waals surface area (Å²) in [6.45, 7) is 6.30. The van der Waals surface area contributed by atoms with Crippen LogP contribution in [0.25, 0.3) is 0 Å². The summed E-state index contributed by atoms with van der Waals surface area (Å²) in [5, 5.41) is 18.9. The Morgan fingerprint density at radius 2 is 1.35 bits per heavy atom. The number of para-hydroxylation sites is 2. The molecule has 0 saturated carbocycles. The van der Waals surface area contributed by atoms with E-state index in [0.717, 1.165) is 63.7 Å². The van der Waals surface area contributed by atoms with Gasteiger partial charge >= 0.3 is 0 Å². The molecule has 0 aliphatic carbocycles. The van der Waals surface area contributed by atoms with Gasteiger partial charge in [0.1, 0.15) is 0 Å². The number of rotatable bonds is 8. The predicted molar refractivity (Wildman–Crippen MR) is 216 cm³/mol. The number of anilines is 4. The molecule has 4 aliphatic rings. The van der Waals surface area contributed by atoms with Crippen molar-refractivity contribution >= 4 is 58.0 Å². The third-order valence-corrected chi connectivity index (χ3v) is 13.6. The van der Waals surface area contributed by atoms with Gasteiger partial charge in [-0.25, -0.2) is 0 Å². The molecule has 266 valence electrons. The standard InChI is InChI=1S/C21H23N3OS.C21H26N2S2/c22-15-16-6-7-21-19(14-16)24(18-4-1-2-5-20(18)26-21)11-3-10-23-12-8-17(25)9-13-23;1-22-13-6-5-7-16(22)12-14-23-18-8-3-4-9-20(18)25-21-11-10-17(24-2)15-19(21)23/h1-2,4-7,14,17,25H,3,8-13H2;3-4,8-11,15-16H,5-7,12-14H2,1-2H3. The molecule has 0 bridgehead atoms. The number of fused-ring (bicyclic) bond motifs is 4. The second kappa shape index (κ2) is 17.2. The summed E-state index contributed by atoms with van der Waals surface area (Å²) in [6.07, 6.45) is 10.2. The first kappa shape index (κ1) is 36.3. The largest absolute Gasteiger partial charge is 0.393 e. The Balaban J connectivity index is 0.000000159. The summed E-state index contributed by atoms with van der Waals surface area (Å²) in [7, 11) is 2.30. The fourth-order valence-electron chi connectivity index (χ4n) is 7.70. The summed E-state index contributed by atoms with van der Waals surface area (Å²) < 4.78 is 0. The summed E-state index contributed by atoms with van der Waals surface area (Å²) >= 11 is 5.51. The van der Waals surface area contributed by atoms with Crippen molar-refractivity contribution in [3.8, 4) is 6.07 Å². The molecule has 9 heteroatoms. The molecule has 4 heterocycles. The van der Waals surface area contributed by atoms with Crippen LogP contribution in [-0.2, 0) is 0 Å². The molecule has 4 aromatic rings. The van der Waals surface area contributed by atoms with Crippen molar-refractivity contribution in [2.75, 3.05) is 62.4 Å². The number of benzene rings is 4. The predicted octanol–water partition coefficient (Wildman–Crippen LogP) is 9.89. The molecule has 0 spiro atoms. The number of aliphatic hydroxyl groups is 1. The molecule has 51 heavy (non-hydrogen) atoms. The van der Waals surface area contributed by atoms with E-state index in [-0.39, 0.29) is 6.10 Å². The second-order valence-electron chi connectivity index (χ2n) is 13.9. The molecule has 1 atom stereocenters. The van der Waals surface area contributed by atoms with Crippen LogP contribution in [0.4, 0.5) is 22.7 Å². The van der Waals surface area contributed by atoms with Crippen LogP contribution in [0.15, 0.2) is 109 Å². The van der Waals surface area contributed by atoms with Gasteiger partial charge in [0.05, 0.1) is 40.5 Å². The van der Waals surface area contributed by atoms with Crippen molar-refractivity contribution in [2.45, 2.75) is 81.6 Å². The Kier molecular flexibility index (Phi) is 12.2. The van der Waals surface area contributed by atoms with E-state index in [9.17, 15) is 10.4 Å². The Morgan fingerprint density at radius 3 is 2.02 bits per heavy atom. The van der Waals surface area contributed by atoms with Gasteiger partial charge in [0.15, 0.2) is 0 Å². The third kappa shape index (κ3) is 8.59. The first-order chi connectivity index (χ1) is 25.0. The number of piperidine rings is 2. The molecule has 1 N–H and O–H groups in total. The van der Waals surface area contributed by atoms with E-state index < -0.39 is 0 Å². The number of hydrogen-bond donors (Lipinski definition) is 1. The maximum Gasteiger partial charge on any atom is 0.0992 e. The van der Waals surface area contributed by atoms with Crippen LogP contribution < -0.4 is 9.80 Å². The summed E-state index contributed by atoms with van der Waals surface area (Å²) in [6, 6.07) is 33.2. The SMILES string of the molecule is CSc1ccc2c(c1)N(CCC1CCCCN1C)c1ccccc1S2.N#Cc1ccc2c(c1)N(CCCN1CCC(O)CC1)c1ccccc1S2. The molecule has 0 amide bonds. The smallest absolute Gasteiger partial charge is 0.0992 e. The zero-order chi connectivity index (χ0) is 35.2. The average Bonchev–Trinajstić information content (AvgIpc) is 3.17. The first-order valence-electron chi connectivity index (χ1n) is 18.4. The zero-order valence-corrected chi connectivity index (χ0v) is 32.3. The van der Waals surface area contributed by atoms with Crippen molar-refractivity contribution < 1.29 is 5.11 Å². The number of thioether (sulfide) groups is 1. The fraction of sp³-hybridized carbons (Fsp3) is 0.405. The molecule has 1 unspecified atom stereocenters. The van der Waals surface area contributed by atoms with Gasteiger partial charge in [-0.1, -0.05) is 54.2 Å². The highest BCUT2D eigenvalue weighted by molar-refractivity contribution is 8.00. The van der Waals surface area contributed by atoms with Crippen LogP contribution in [0.2, 0.25) is 0 Å². The Labute approximate surface area is 317 Å². The molecular weight excluding hydrogens is 687 g/mol. The van der Waals surface area contributed by atoms with Gasteiger partial charge in [-0.15, -0.1) is 11.8 Å². The minimum absolute atomic E-state index is 0.117. The number of aliphatic hydroxyl groups excluding tert-OH is 1. The van der Waals surface area contributed by atoms with E-state index in [1.165, 1.54) is 73.8 Å². The molecule has 8 rings (SSSR count). The highest BCUT2D eigenvalue weighted by Gasteiger charge is 2.27. The van der Waals surface area contributed by atoms with Gasteiger partial charge < -0.3 is 24.7 Å². The minimum atomic E-state index is -0.117. The summed E-state index contributed by atoms with van der Waals surface area (Å²) in [4.78, 5) is 16.5. The van der Waals surface area contributed by atoms with Crippen molar-refractivity contribution in [2.24, 2.45) is 0 Å². The van der Waals surface area contributed by atoms with Crippen LogP contribution >= 0.6 is 35.3 Å². The normalized spacial score (nSPS) is 18.8. The van der Waals surface area contributed by atoms with Gasteiger partial charge in [0.2, 0.25) is 0 Å². The first-order valence-corrected chi connectivity index (χ1v) is 21.3. The summed E-state index contributed by atoms with van der Waals surface area (Å²) in [5.74, 6) is 0. The molecule has 4 aromatic carbocycles. The van der Waals surface area contributed by atoms with Gasteiger partial charge in [0, 0.05) is 56.7 Å². The van der Waals surface area contributed by atoms with Crippen molar-refractivity contribution in [3.63, 3.8) is 0 Å². The monoisotopic (exact) mass is 735 g/mol. The van der Waals surface area contributed by atoms with Crippen LogP contribution in [0.3, 0.4) is 0 Å². The van der Waals surface area contributed by atoms with E-state index in [1.807, 2.05) is 35.7 Å². The lowest BCUT2D eigenvalue weighted by atomic mass is 9.99. The van der Waals surface area contributed by atoms with Gasteiger partial charge in [-0.05, 0) is 126 Å². The quantitative estimate of drug-likeness (QED) is 0.178. The minimum Gasteiger partial charge on any atom is -0.393 e. The lowest BCUT2D eigenvalue weighted by Crippen LogP contribution is -2.38. The van der Waals surface area contributed by atoms with Crippen LogP contribution in [0.5, 0.6) is 0 Å². The lowest BCUT2D eigenvalue weighted by molar-refractivity contribution is 0.0824. The average molecular weight is 736 g/mol. The molecule has 4 aliphatic heterocycles. The number of hydrogen-bond acceptors (Lipinski definition) is 9. The lowest BCUT2D eigenvalue weighted by Gasteiger charge is -2.37. The Hall–Kier alpha value is -3.10. The Bertz CT molecular complexity index is 1840. The van der Waals surface area contributed by atoms with Crippen LogP contribution in [0.1, 0.15) is 50.5 Å². The van der Waals surface area contributed by atoms with Crippen molar-refractivity contribution in [1.82, 2.24) is 9.80 Å². The highest BCUT2D eigenvalue weighted by atomic mass is 32.2. The highest BCUT2D eigenvalue weighted by Crippen LogP contribution is 2.50. The molecular formula is C42H49N5OS3. The zero-order valence-electron chi connectivity index (χ0n) is 29.8. The van der Waals surface area contributed by atoms with Crippen LogP contribution in [-0.4, -0.2) is 79.6 Å². The molecule has 2 fully saturated rings. The summed E-state index contributed by atoms with van der Waals surface area (Å²) in [5.41, 5.74) is 5.83. The van der Waals surface area contributed by atoms with Crippen LogP contribution in [0, 0.1) is 11.3 Å². The molecule has 2 saturated heterocycles. The maximum absolute atomic E-state index is 9.66. The topological polar surface area (TPSA) is 57.0 Å².